The van der Waals surface area contributed by atoms with Crippen molar-refractivity contribution < 1.29 is 5.11 Å². The maximum Gasteiger partial charge on any atom is 0.0928 e. The first-order chi connectivity index (χ1) is 11.5. The van der Waals surface area contributed by atoms with Crippen molar-refractivity contribution in [2.45, 2.75) is 44.1 Å². The van der Waals surface area contributed by atoms with Crippen molar-refractivity contribution in [3.8, 4) is 0 Å². The Morgan fingerprint density at radius 3 is 2.83 bits per heavy atom. The second-order valence-electron chi connectivity index (χ2n) is 9.71. The molecule has 7 aliphatic carbocycles. The van der Waals surface area contributed by atoms with E-state index >= 15 is 0 Å². The van der Waals surface area contributed by atoms with Gasteiger partial charge in [-0.15, -0.1) is 0 Å². The van der Waals surface area contributed by atoms with E-state index in [1.165, 1.54) is 25.7 Å². The Kier molecular flexibility index (Phi) is 1.96. The summed E-state index contributed by atoms with van der Waals surface area (Å²) in [6.07, 6.45) is 9.54. The molecular formula is C20H21ClN2O. The fraction of sp³-hybridized carbons (Fsp3) is 0.650. The molecule has 2 aromatic rings. The Labute approximate surface area is 145 Å². The first-order valence-electron chi connectivity index (χ1n) is 9.39. The van der Waals surface area contributed by atoms with Crippen LogP contribution in [0.4, 0.5) is 0 Å². The predicted octanol–water partition coefficient (Wildman–Crippen LogP) is 4.25. The van der Waals surface area contributed by atoms with Gasteiger partial charge >= 0.3 is 0 Å². The van der Waals surface area contributed by atoms with Crippen molar-refractivity contribution in [3.05, 3.63) is 28.9 Å². The van der Waals surface area contributed by atoms with Gasteiger partial charge in [0.1, 0.15) is 0 Å². The summed E-state index contributed by atoms with van der Waals surface area (Å²) in [6, 6.07) is 3.88. The fourth-order valence-corrected chi connectivity index (χ4v) is 8.67. The van der Waals surface area contributed by atoms with Crippen LogP contribution in [0.15, 0.2) is 18.3 Å². The summed E-state index contributed by atoms with van der Waals surface area (Å²) in [6.45, 7) is 0. The van der Waals surface area contributed by atoms with Gasteiger partial charge in [-0.2, -0.15) is 5.10 Å². The Morgan fingerprint density at radius 1 is 1.21 bits per heavy atom. The first kappa shape index (κ1) is 13.2. The molecule has 5 atom stereocenters. The summed E-state index contributed by atoms with van der Waals surface area (Å²) in [4.78, 5) is 0. The van der Waals surface area contributed by atoms with Gasteiger partial charge in [0, 0.05) is 16.0 Å². The van der Waals surface area contributed by atoms with E-state index in [4.69, 9.17) is 11.6 Å². The second-order valence-corrected chi connectivity index (χ2v) is 10.1. The predicted molar refractivity (Wildman–Crippen MR) is 91.5 cm³/mol. The van der Waals surface area contributed by atoms with Crippen LogP contribution >= 0.6 is 11.6 Å². The number of aliphatic hydroxyl groups is 1. The standard InChI is InChI=1S/C20H21ClN2O/c21-13-2-11-7-22-23-17(11)14(3-13)20(24)8-19(9-20)12-1-10-4-18(5-12)6-15(19)16(10)18/h2-3,7,10,12,15-16,24H,1,4-6,8-9H2,(H,22,23). The van der Waals surface area contributed by atoms with Crippen LogP contribution in [0, 0.1) is 34.5 Å². The third kappa shape index (κ3) is 1.18. The number of hydrogen-bond acceptors (Lipinski definition) is 2. The maximum atomic E-state index is 11.5. The highest BCUT2D eigenvalue weighted by atomic mass is 35.5. The Hall–Kier alpha value is -1.06. The Bertz CT molecular complexity index is 907. The van der Waals surface area contributed by atoms with Gasteiger partial charge in [-0.1, -0.05) is 11.6 Å². The van der Waals surface area contributed by atoms with E-state index in [2.05, 4.69) is 10.2 Å². The van der Waals surface area contributed by atoms with Crippen LogP contribution in [0.5, 0.6) is 0 Å². The molecule has 1 aromatic carbocycles. The number of fused-ring (bicyclic) bond motifs is 1. The minimum absolute atomic E-state index is 0.423. The molecule has 7 fully saturated rings. The van der Waals surface area contributed by atoms with Crippen molar-refractivity contribution in [2.24, 2.45) is 34.5 Å². The average Bonchev–Trinajstić information content (AvgIpc) is 2.95. The highest BCUT2D eigenvalue weighted by molar-refractivity contribution is 6.31. The first-order valence-corrected chi connectivity index (χ1v) is 9.76. The van der Waals surface area contributed by atoms with Gasteiger partial charge in [0.2, 0.25) is 0 Å². The van der Waals surface area contributed by atoms with E-state index in [0.29, 0.717) is 10.4 Å². The highest BCUT2D eigenvalue weighted by Crippen LogP contribution is 2.88. The molecule has 1 heterocycles. The van der Waals surface area contributed by atoms with Crippen LogP contribution < -0.4 is 0 Å². The van der Waals surface area contributed by atoms with Gasteiger partial charge in [0.05, 0.1) is 17.3 Å². The lowest BCUT2D eigenvalue weighted by Crippen LogP contribution is -2.79. The molecule has 0 amide bonds. The minimum Gasteiger partial charge on any atom is -0.385 e. The zero-order chi connectivity index (χ0) is 15.9. The third-order valence-electron chi connectivity index (χ3n) is 8.99. The molecule has 24 heavy (non-hydrogen) atoms. The van der Waals surface area contributed by atoms with Gasteiger partial charge < -0.3 is 5.11 Å². The van der Waals surface area contributed by atoms with Gasteiger partial charge in [-0.3, -0.25) is 5.10 Å². The number of aromatic nitrogens is 2. The lowest BCUT2D eigenvalue weighted by Gasteiger charge is -2.85. The number of halogens is 1. The molecule has 5 unspecified atom stereocenters. The Balaban J connectivity index is 1.30. The van der Waals surface area contributed by atoms with Crippen molar-refractivity contribution >= 4 is 22.5 Å². The summed E-state index contributed by atoms with van der Waals surface area (Å²) in [5.74, 6) is 3.82. The molecule has 7 saturated carbocycles. The summed E-state index contributed by atoms with van der Waals surface area (Å²) >= 11 is 6.32. The maximum absolute atomic E-state index is 11.5. The molecule has 2 N–H and O–H groups in total. The van der Waals surface area contributed by atoms with Crippen molar-refractivity contribution in [2.75, 3.05) is 0 Å². The largest absolute Gasteiger partial charge is 0.385 e. The molecule has 2 spiro atoms. The van der Waals surface area contributed by atoms with Crippen LogP contribution in [-0.4, -0.2) is 15.3 Å². The van der Waals surface area contributed by atoms with Crippen molar-refractivity contribution in [3.63, 3.8) is 0 Å². The highest BCUT2D eigenvalue weighted by Gasteiger charge is 2.81. The second kappa shape index (κ2) is 3.57. The quantitative estimate of drug-likeness (QED) is 0.815. The van der Waals surface area contributed by atoms with Crippen LogP contribution in [-0.2, 0) is 5.60 Å². The van der Waals surface area contributed by atoms with E-state index in [0.717, 1.165) is 58.4 Å². The number of nitrogens with one attached hydrogen (secondary N) is 1. The molecule has 9 rings (SSSR count). The SMILES string of the molecule is OC1(c2cc(Cl)cc3cn[nH]c23)CC2(C1)C1CC3CC4(C1)CC2C34. The Morgan fingerprint density at radius 2 is 2.08 bits per heavy atom. The van der Waals surface area contributed by atoms with E-state index < -0.39 is 5.60 Å². The molecule has 124 valence electrons. The normalized spacial score (nSPS) is 52.9. The zero-order valence-corrected chi connectivity index (χ0v) is 14.3. The van der Waals surface area contributed by atoms with Gasteiger partial charge in [0.25, 0.3) is 0 Å². The molecule has 0 aliphatic heterocycles. The minimum atomic E-state index is -0.722. The summed E-state index contributed by atoms with van der Waals surface area (Å²) in [5, 5.41) is 20.4. The van der Waals surface area contributed by atoms with Crippen molar-refractivity contribution in [1.82, 2.24) is 10.2 Å². The number of rotatable bonds is 1. The van der Waals surface area contributed by atoms with Crippen LogP contribution in [0.2, 0.25) is 5.02 Å². The molecule has 0 radical (unpaired) electrons. The zero-order valence-electron chi connectivity index (χ0n) is 13.6. The van der Waals surface area contributed by atoms with Crippen LogP contribution in [0.1, 0.15) is 44.1 Å². The number of hydrogen-bond donors (Lipinski definition) is 2. The van der Waals surface area contributed by atoms with Gasteiger partial charge in [-0.25, -0.2) is 0 Å². The molecule has 4 heteroatoms. The van der Waals surface area contributed by atoms with E-state index in [-0.39, 0.29) is 0 Å². The molecule has 5 bridgehead atoms. The van der Waals surface area contributed by atoms with Crippen LogP contribution in [0.3, 0.4) is 0 Å². The summed E-state index contributed by atoms with van der Waals surface area (Å²) < 4.78 is 0. The van der Waals surface area contributed by atoms with Gasteiger partial charge in [0.15, 0.2) is 0 Å². The molecule has 1 aromatic heterocycles. The molecule has 0 saturated heterocycles. The average molecular weight is 341 g/mol. The number of H-pyrrole nitrogens is 1. The smallest absolute Gasteiger partial charge is 0.0928 e. The molecule has 3 nitrogen and oxygen atoms in total. The van der Waals surface area contributed by atoms with Gasteiger partial charge in [-0.05, 0) is 85.2 Å². The topological polar surface area (TPSA) is 48.9 Å². The summed E-state index contributed by atoms with van der Waals surface area (Å²) in [7, 11) is 0. The van der Waals surface area contributed by atoms with E-state index in [1.807, 2.05) is 12.1 Å². The lowest BCUT2D eigenvalue weighted by atomic mass is 9.19. The third-order valence-corrected chi connectivity index (χ3v) is 9.21. The van der Waals surface area contributed by atoms with E-state index in [1.54, 1.807) is 6.20 Å². The number of benzene rings is 1. The number of nitrogens with zero attached hydrogens (tertiary/aromatic N) is 1. The van der Waals surface area contributed by atoms with Crippen LogP contribution in [0.25, 0.3) is 10.9 Å². The summed E-state index contributed by atoms with van der Waals surface area (Å²) in [5.41, 5.74) is 2.40. The van der Waals surface area contributed by atoms with Crippen molar-refractivity contribution in [1.29, 1.82) is 0 Å². The fourth-order valence-electron chi connectivity index (χ4n) is 8.44. The van der Waals surface area contributed by atoms with E-state index in [9.17, 15) is 5.11 Å². The monoisotopic (exact) mass is 340 g/mol. The lowest BCUT2D eigenvalue weighted by molar-refractivity contribution is -0.378. The number of aromatic amines is 1. The molecular weight excluding hydrogens is 320 g/mol. The molecule has 7 aliphatic rings.